The zero-order chi connectivity index (χ0) is 13.5. The number of ether oxygens (including phenoxy) is 2. The molecule has 0 fully saturated rings. The molecule has 1 unspecified atom stereocenters. The summed E-state index contributed by atoms with van der Waals surface area (Å²) in [5, 5.41) is 9.95. The van der Waals surface area contributed by atoms with E-state index in [0.29, 0.717) is 13.0 Å². The first-order chi connectivity index (χ1) is 8.60. The van der Waals surface area contributed by atoms with Crippen LogP contribution in [0.3, 0.4) is 0 Å². The number of hydrogen-bond acceptors (Lipinski definition) is 4. The fraction of sp³-hybridized carbons (Fsp3) is 0.643. The van der Waals surface area contributed by atoms with Crippen LogP contribution < -0.4 is 4.74 Å². The maximum Gasteiger partial charge on any atom is 0.128 e. The Hall–Kier alpha value is -1.13. The smallest absolute Gasteiger partial charge is 0.128 e. The van der Waals surface area contributed by atoms with Gasteiger partial charge in [-0.15, -0.1) is 0 Å². The summed E-state index contributed by atoms with van der Waals surface area (Å²) in [7, 11) is 3.33. The van der Waals surface area contributed by atoms with Crippen LogP contribution in [0.5, 0.6) is 5.75 Å². The third kappa shape index (κ3) is 3.96. The van der Waals surface area contributed by atoms with Crippen molar-refractivity contribution in [3.05, 3.63) is 23.0 Å². The van der Waals surface area contributed by atoms with E-state index in [1.807, 2.05) is 13.8 Å². The lowest BCUT2D eigenvalue weighted by molar-refractivity contribution is 0.134. The summed E-state index contributed by atoms with van der Waals surface area (Å²) >= 11 is 0. The van der Waals surface area contributed by atoms with Crippen molar-refractivity contribution in [2.75, 3.05) is 20.8 Å². The molecule has 4 heteroatoms. The Labute approximate surface area is 109 Å². The number of aryl methyl sites for hydroxylation is 1. The van der Waals surface area contributed by atoms with E-state index in [4.69, 9.17) is 9.47 Å². The molecule has 102 valence electrons. The molecule has 0 amide bonds. The predicted octanol–water partition coefficient (Wildman–Crippen LogP) is 2.04. The van der Waals surface area contributed by atoms with Crippen LogP contribution in [-0.2, 0) is 11.2 Å². The summed E-state index contributed by atoms with van der Waals surface area (Å²) in [5.74, 6) is 0.865. The lowest BCUT2D eigenvalue weighted by atomic mass is 10.0. The third-order valence-electron chi connectivity index (χ3n) is 3.06. The van der Waals surface area contributed by atoms with E-state index in [1.54, 1.807) is 20.4 Å². The molecule has 0 saturated heterocycles. The van der Waals surface area contributed by atoms with Gasteiger partial charge in [0.25, 0.3) is 0 Å². The Morgan fingerprint density at radius 3 is 2.67 bits per heavy atom. The molecule has 0 aromatic carbocycles. The van der Waals surface area contributed by atoms with E-state index in [2.05, 4.69) is 4.98 Å². The number of aromatic nitrogens is 1. The van der Waals surface area contributed by atoms with Crippen LogP contribution in [0.1, 0.15) is 29.7 Å². The van der Waals surface area contributed by atoms with E-state index >= 15 is 0 Å². The number of pyridine rings is 1. The van der Waals surface area contributed by atoms with Crippen molar-refractivity contribution in [3.63, 3.8) is 0 Å². The van der Waals surface area contributed by atoms with Crippen LogP contribution in [0.4, 0.5) is 0 Å². The summed E-state index contributed by atoms with van der Waals surface area (Å²) in [4.78, 5) is 4.38. The highest BCUT2D eigenvalue weighted by Crippen LogP contribution is 2.25. The molecule has 1 heterocycles. The zero-order valence-corrected chi connectivity index (χ0v) is 11.7. The van der Waals surface area contributed by atoms with E-state index in [-0.39, 0.29) is 6.10 Å². The van der Waals surface area contributed by atoms with Gasteiger partial charge < -0.3 is 14.6 Å². The van der Waals surface area contributed by atoms with Crippen molar-refractivity contribution in [2.24, 2.45) is 0 Å². The van der Waals surface area contributed by atoms with E-state index in [9.17, 15) is 5.11 Å². The molecular weight excluding hydrogens is 230 g/mol. The SMILES string of the molecule is COCCCC(O)Cc1ncc(C)c(OC)c1C. The highest BCUT2D eigenvalue weighted by molar-refractivity contribution is 5.41. The number of methoxy groups -OCH3 is 2. The molecule has 0 saturated carbocycles. The third-order valence-corrected chi connectivity index (χ3v) is 3.06. The first kappa shape index (κ1) is 14.9. The maximum atomic E-state index is 9.95. The van der Waals surface area contributed by atoms with Gasteiger partial charge in [0.2, 0.25) is 0 Å². The Balaban J connectivity index is 2.67. The summed E-state index contributed by atoms with van der Waals surface area (Å²) in [6, 6.07) is 0. The number of rotatable bonds is 7. The van der Waals surface area contributed by atoms with Crippen molar-refractivity contribution in [2.45, 2.75) is 39.2 Å². The van der Waals surface area contributed by atoms with Crippen LogP contribution in [0, 0.1) is 13.8 Å². The van der Waals surface area contributed by atoms with Gasteiger partial charge in [0.1, 0.15) is 5.75 Å². The second kappa shape index (κ2) is 7.34. The predicted molar refractivity (Wildman–Crippen MR) is 71.1 cm³/mol. The van der Waals surface area contributed by atoms with Gasteiger partial charge in [-0.25, -0.2) is 0 Å². The standard InChI is InChI=1S/C14H23NO3/c1-10-9-15-13(11(2)14(10)18-4)8-12(16)6-5-7-17-3/h9,12,16H,5-8H2,1-4H3. The second-order valence-corrected chi connectivity index (χ2v) is 4.54. The lowest BCUT2D eigenvalue weighted by Gasteiger charge is -2.15. The first-order valence-electron chi connectivity index (χ1n) is 6.26. The molecule has 1 aromatic heterocycles. The van der Waals surface area contributed by atoms with Crippen LogP contribution >= 0.6 is 0 Å². The van der Waals surface area contributed by atoms with Crippen molar-refractivity contribution >= 4 is 0 Å². The summed E-state index contributed by atoms with van der Waals surface area (Å²) < 4.78 is 10.3. The van der Waals surface area contributed by atoms with Gasteiger partial charge >= 0.3 is 0 Å². The highest BCUT2D eigenvalue weighted by Gasteiger charge is 2.13. The maximum absolute atomic E-state index is 9.95. The van der Waals surface area contributed by atoms with Gasteiger partial charge in [0.15, 0.2) is 0 Å². The number of aliphatic hydroxyl groups is 1. The van der Waals surface area contributed by atoms with Gasteiger partial charge in [-0.05, 0) is 26.7 Å². The van der Waals surface area contributed by atoms with Crippen LogP contribution in [-0.4, -0.2) is 37.0 Å². The Bertz CT molecular complexity index is 380. The second-order valence-electron chi connectivity index (χ2n) is 4.54. The summed E-state index contributed by atoms with van der Waals surface area (Å²) in [5.41, 5.74) is 2.94. The zero-order valence-electron chi connectivity index (χ0n) is 11.7. The molecule has 0 bridgehead atoms. The van der Waals surface area contributed by atoms with Crippen molar-refractivity contribution in [3.8, 4) is 5.75 Å². The fourth-order valence-corrected chi connectivity index (χ4v) is 2.07. The van der Waals surface area contributed by atoms with Crippen LogP contribution in [0.25, 0.3) is 0 Å². The minimum Gasteiger partial charge on any atom is -0.496 e. The molecule has 1 rings (SSSR count). The van der Waals surface area contributed by atoms with Gasteiger partial charge in [0, 0.05) is 43.2 Å². The molecule has 0 aliphatic carbocycles. The average molecular weight is 253 g/mol. The van der Waals surface area contributed by atoms with E-state index in [1.165, 1.54) is 0 Å². The number of aliphatic hydroxyl groups excluding tert-OH is 1. The van der Waals surface area contributed by atoms with Gasteiger partial charge in [-0.2, -0.15) is 0 Å². The first-order valence-corrected chi connectivity index (χ1v) is 6.26. The topological polar surface area (TPSA) is 51.6 Å². The molecule has 1 N–H and O–H groups in total. The Morgan fingerprint density at radius 1 is 1.33 bits per heavy atom. The van der Waals surface area contributed by atoms with Gasteiger partial charge in [0.05, 0.1) is 13.2 Å². The molecule has 0 radical (unpaired) electrons. The fourth-order valence-electron chi connectivity index (χ4n) is 2.07. The number of hydrogen-bond donors (Lipinski definition) is 1. The molecule has 1 aromatic rings. The quantitative estimate of drug-likeness (QED) is 0.755. The molecule has 0 aliphatic heterocycles. The summed E-state index contributed by atoms with van der Waals surface area (Å²) in [6.07, 6.45) is 3.57. The van der Waals surface area contributed by atoms with Crippen molar-refractivity contribution < 1.29 is 14.6 Å². The van der Waals surface area contributed by atoms with E-state index in [0.717, 1.165) is 35.4 Å². The molecule has 1 atom stereocenters. The Kier molecular flexibility index (Phi) is 6.09. The Morgan fingerprint density at radius 2 is 2.06 bits per heavy atom. The lowest BCUT2D eigenvalue weighted by Crippen LogP contribution is -2.14. The average Bonchev–Trinajstić information content (AvgIpc) is 2.34. The monoisotopic (exact) mass is 253 g/mol. The van der Waals surface area contributed by atoms with Crippen molar-refractivity contribution in [1.29, 1.82) is 0 Å². The highest BCUT2D eigenvalue weighted by atomic mass is 16.5. The molecule has 0 aliphatic rings. The minimum absolute atomic E-state index is 0.376. The summed E-state index contributed by atoms with van der Waals surface area (Å²) in [6.45, 7) is 4.63. The van der Waals surface area contributed by atoms with E-state index < -0.39 is 0 Å². The van der Waals surface area contributed by atoms with Gasteiger partial charge in [-0.1, -0.05) is 0 Å². The van der Waals surface area contributed by atoms with Gasteiger partial charge in [-0.3, -0.25) is 4.98 Å². The molecule has 18 heavy (non-hydrogen) atoms. The minimum atomic E-state index is -0.376. The number of nitrogens with zero attached hydrogens (tertiary/aromatic N) is 1. The largest absolute Gasteiger partial charge is 0.496 e. The molecule has 0 spiro atoms. The van der Waals surface area contributed by atoms with Crippen LogP contribution in [0.2, 0.25) is 0 Å². The van der Waals surface area contributed by atoms with Crippen LogP contribution in [0.15, 0.2) is 6.20 Å². The molecule has 4 nitrogen and oxygen atoms in total. The molecular formula is C14H23NO3. The normalized spacial score (nSPS) is 12.5. The van der Waals surface area contributed by atoms with Crippen molar-refractivity contribution in [1.82, 2.24) is 4.98 Å².